The van der Waals surface area contributed by atoms with Crippen molar-refractivity contribution < 1.29 is 14.3 Å². The summed E-state index contributed by atoms with van der Waals surface area (Å²) >= 11 is 0. The summed E-state index contributed by atoms with van der Waals surface area (Å²) < 4.78 is 11.0. The van der Waals surface area contributed by atoms with Gasteiger partial charge in [0.1, 0.15) is 11.5 Å². The van der Waals surface area contributed by atoms with Crippen LogP contribution in [0.15, 0.2) is 18.2 Å². The zero-order valence-electron chi connectivity index (χ0n) is 13.3. The van der Waals surface area contributed by atoms with Crippen LogP contribution < -0.4 is 20.5 Å². The van der Waals surface area contributed by atoms with Gasteiger partial charge in [-0.2, -0.15) is 0 Å². The molecule has 1 aromatic rings. The molecule has 5 nitrogen and oxygen atoms in total. The van der Waals surface area contributed by atoms with Crippen LogP contribution in [0.3, 0.4) is 0 Å². The van der Waals surface area contributed by atoms with Gasteiger partial charge in [0.25, 0.3) is 5.91 Å². The number of methoxy groups -OCH3 is 1. The van der Waals surface area contributed by atoms with Gasteiger partial charge in [0.15, 0.2) is 6.10 Å². The van der Waals surface area contributed by atoms with Crippen LogP contribution in [0, 0.1) is 5.92 Å². The third-order valence-electron chi connectivity index (χ3n) is 3.04. The highest BCUT2D eigenvalue weighted by Gasteiger charge is 2.16. The van der Waals surface area contributed by atoms with Crippen LogP contribution in [-0.4, -0.2) is 32.2 Å². The highest BCUT2D eigenvalue weighted by atomic mass is 16.5. The van der Waals surface area contributed by atoms with Gasteiger partial charge in [0, 0.05) is 6.54 Å². The van der Waals surface area contributed by atoms with Gasteiger partial charge in [-0.05, 0) is 49.6 Å². The van der Waals surface area contributed by atoms with E-state index in [-0.39, 0.29) is 5.91 Å². The van der Waals surface area contributed by atoms with Gasteiger partial charge in [-0.1, -0.05) is 13.8 Å². The molecule has 21 heavy (non-hydrogen) atoms. The average molecular weight is 294 g/mol. The van der Waals surface area contributed by atoms with E-state index in [1.807, 2.05) is 18.2 Å². The predicted octanol–water partition coefficient (Wildman–Crippen LogP) is 1.74. The minimum absolute atomic E-state index is 0.113. The van der Waals surface area contributed by atoms with Crippen LogP contribution >= 0.6 is 0 Å². The van der Waals surface area contributed by atoms with Gasteiger partial charge < -0.3 is 20.5 Å². The fraction of sp³-hybridized carbons (Fsp3) is 0.562. The van der Waals surface area contributed by atoms with Crippen molar-refractivity contribution in [1.82, 2.24) is 5.32 Å². The molecule has 0 fully saturated rings. The van der Waals surface area contributed by atoms with Crippen molar-refractivity contribution >= 4 is 5.91 Å². The molecule has 0 spiro atoms. The summed E-state index contributed by atoms with van der Waals surface area (Å²) in [6, 6.07) is 5.52. The summed E-state index contributed by atoms with van der Waals surface area (Å²) in [6.45, 7) is 7.00. The van der Waals surface area contributed by atoms with Gasteiger partial charge in [-0.3, -0.25) is 4.79 Å². The van der Waals surface area contributed by atoms with Crippen molar-refractivity contribution in [3.8, 4) is 11.5 Å². The molecule has 0 saturated heterocycles. The molecule has 0 heterocycles. The van der Waals surface area contributed by atoms with Crippen LogP contribution in [0.1, 0.15) is 26.3 Å². The van der Waals surface area contributed by atoms with Gasteiger partial charge in [0.2, 0.25) is 0 Å². The van der Waals surface area contributed by atoms with Gasteiger partial charge in [0.05, 0.1) is 7.11 Å². The first-order valence-corrected chi connectivity index (χ1v) is 7.29. The summed E-state index contributed by atoms with van der Waals surface area (Å²) in [5, 5.41) is 2.86. The number of ether oxygens (including phenoxy) is 2. The molecule has 5 heteroatoms. The molecule has 0 aliphatic carbocycles. The van der Waals surface area contributed by atoms with Crippen molar-refractivity contribution in [3.05, 3.63) is 23.8 Å². The molecule has 1 rings (SSSR count). The number of amides is 1. The quantitative estimate of drug-likeness (QED) is 0.766. The summed E-state index contributed by atoms with van der Waals surface area (Å²) in [5.74, 6) is 1.73. The fourth-order valence-electron chi connectivity index (χ4n) is 1.84. The topological polar surface area (TPSA) is 73.6 Å². The first kappa shape index (κ1) is 17.3. The Bertz CT molecular complexity index is 461. The highest BCUT2D eigenvalue weighted by Crippen LogP contribution is 2.25. The molecule has 1 atom stereocenters. The SMILES string of the molecule is COc1ccc(OC(C)C(=O)NCC(C)C)c(CCN)c1. The number of carbonyl (C=O) groups excluding carboxylic acids is 1. The second-order valence-corrected chi connectivity index (χ2v) is 5.41. The van der Waals surface area contributed by atoms with E-state index in [2.05, 4.69) is 19.2 Å². The maximum atomic E-state index is 12.0. The van der Waals surface area contributed by atoms with Crippen LogP contribution in [0.4, 0.5) is 0 Å². The number of rotatable bonds is 8. The molecular weight excluding hydrogens is 268 g/mol. The van der Waals surface area contributed by atoms with Gasteiger partial charge in [-0.15, -0.1) is 0 Å². The zero-order valence-corrected chi connectivity index (χ0v) is 13.3. The molecule has 1 amide bonds. The van der Waals surface area contributed by atoms with Crippen molar-refractivity contribution in [1.29, 1.82) is 0 Å². The predicted molar refractivity (Wildman–Crippen MR) is 83.7 cm³/mol. The highest BCUT2D eigenvalue weighted by molar-refractivity contribution is 5.80. The van der Waals surface area contributed by atoms with E-state index in [0.717, 1.165) is 11.3 Å². The minimum atomic E-state index is -0.548. The molecule has 118 valence electrons. The number of hydrogen-bond donors (Lipinski definition) is 2. The Labute approximate surface area is 126 Å². The molecule has 0 aromatic heterocycles. The molecule has 0 radical (unpaired) electrons. The Hall–Kier alpha value is -1.75. The third kappa shape index (κ3) is 5.63. The molecule has 3 N–H and O–H groups in total. The van der Waals surface area contributed by atoms with Crippen LogP contribution in [-0.2, 0) is 11.2 Å². The van der Waals surface area contributed by atoms with E-state index in [9.17, 15) is 4.79 Å². The lowest BCUT2D eigenvalue weighted by molar-refractivity contribution is -0.127. The normalized spacial score (nSPS) is 12.1. The van der Waals surface area contributed by atoms with Gasteiger partial charge >= 0.3 is 0 Å². The van der Waals surface area contributed by atoms with Crippen molar-refractivity contribution in [2.24, 2.45) is 11.7 Å². The molecule has 0 saturated carbocycles. The zero-order chi connectivity index (χ0) is 15.8. The largest absolute Gasteiger partial charge is 0.497 e. The average Bonchev–Trinajstić information content (AvgIpc) is 2.46. The maximum absolute atomic E-state index is 12.0. The monoisotopic (exact) mass is 294 g/mol. The Morgan fingerprint density at radius 3 is 2.62 bits per heavy atom. The Balaban J connectivity index is 2.74. The molecular formula is C16H26N2O3. The number of carbonyl (C=O) groups is 1. The Morgan fingerprint density at radius 2 is 2.05 bits per heavy atom. The lowest BCUT2D eigenvalue weighted by Crippen LogP contribution is -2.38. The van der Waals surface area contributed by atoms with E-state index in [1.54, 1.807) is 14.0 Å². The van der Waals surface area contributed by atoms with Crippen LogP contribution in [0.5, 0.6) is 11.5 Å². The lowest BCUT2D eigenvalue weighted by Gasteiger charge is -2.18. The van der Waals surface area contributed by atoms with Crippen molar-refractivity contribution in [2.45, 2.75) is 33.3 Å². The molecule has 0 aliphatic rings. The standard InChI is InChI=1S/C16H26N2O3/c1-11(2)10-18-16(19)12(3)21-15-6-5-14(20-4)9-13(15)7-8-17/h5-6,9,11-12H,7-8,10,17H2,1-4H3,(H,18,19). The Kier molecular flexibility index (Phi) is 7.02. The number of benzene rings is 1. The molecule has 1 unspecified atom stereocenters. The second-order valence-electron chi connectivity index (χ2n) is 5.41. The minimum Gasteiger partial charge on any atom is -0.497 e. The van der Waals surface area contributed by atoms with Crippen LogP contribution in [0.25, 0.3) is 0 Å². The maximum Gasteiger partial charge on any atom is 0.260 e. The number of hydrogen-bond acceptors (Lipinski definition) is 4. The lowest BCUT2D eigenvalue weighted by atomic mass is 10.1. The van der Waals surface area contributed by atoms with Crippen molar-refractivity contribution in [3.63, 3.8) is 0 Å². The first-order valence-electron chi connectivity index (χ1n) is 7.29. The van der Waals surface area contributed by atoms with E-state index in [1.165, 1.54) is 0 Å². The summed E-state index contributed by atoms with van der Waals surface area (Å²) in [4.78, 5) is 12.0. The Morgan fingerprint density at radius 1 is 1.33 bits per heavy atom. The van der Waals surface area contributed by atoms with Crippen LogP contribution in [0.2, 0.25) is 0 Å². The van der Waals surface area contributed by atoms with Crippen molar-refractivity contribution in [2.75, 3.05) is 20.2 Å². The summed E-state index contributed by atoms with van der Waals surface area (Å²) in [7, 11) is 1.62. The summed E-state index contributed by atoms with van der Waals surface area (Å²) in [6.07, 6.45) is 0.126. The second kappa shape index (κ2) is 8.52. The molecule has 0 aliphatic heterocycles. The molecule has 0 bridgehead atoms. The summed E-state index contributed by atoms with van der Waals surface area (Å²) in [5.41, 5.74) is 6.56. The van der Waals surface area contributed by atoms with E-state index >= 15 is 0 Å². The van der Waals surface area contributed by atoms with Gasteiger partial charge in [-0.25, -0.2) is 0 Å². The number of nitrogens with one attached hydrogen (secondary N) is 1. The smallest absolute Gasteiger partial charge is 0.260 e. The first-order chi connectivity index (χ1) is 9.97. The third-order valence-corrected chi connectivity index (χ3v) is 3.04. The fourth-order valence-corrected chi connectivity index (χ4v) is 1.84. The number of nitrogens with two attached hydrogens (primary N) is 1. The molecule has 1 aromatic carbocycles. The van der Waals surface area contributed by atoms with E-state index in [0.29, 0.717) is 31.2 Å². The van der Waals surface area contributed by atoms with E-state index < -0.39 is 6.10 Å². The van der Waals surface area contributed by atoms with E-state index in [4.69, 9.17) is 15.2 Å².